The van der Waals surface area contributed by atoms with E-state index in [-0.39, 0.29) is 21.9 Å². The van der Waals surface area contributed by atoms with Crippen LogP contribution in [0.1, 0.15) is 12.8 Å². The molecule has 1 aliphatic carbocycles. The fraction of sp³-hybridized carbons (Fsp3) is 0.364. The number of hydrogen-bond donors (Lipinski definition) is 1. The van der Waals surface area contributed by atoms with Crippen molar-refractivity contribution in [1.82, 2.24) is 0 Å². The minimum atomic E-state index is -3.22. The number of alkyl halides is 1. The number of carbonyl (C=O) groups is 1. The van der Waals surface area contributed by atoms with Gasteiger partial charge >= 0.3 is 0 Å². The van der Waals surface area contributed by atoms with Crippen LogP contribution in [0.25, 0.3) is 0 Å². The van der Waals surface area contributed by atoms with Gasteiger partial charge in [0.1, 0.15) is 5.88 Å². The quantitative estimate of drug-likeness (QED) is 0.851. The van der Waals surface area contributed by atoms with Crippen LogP contribution >= 0.6 is 11.6 Å². The van der Waals surface area contributed by atoms with Gasteiger partial charge in [0.05, 0.1) is 10.1 Å². The molecule has 1 saturated carbocycles. The van der Waals surface area contributed by atoms with E-state index in [0.29, 0.717) is 5.69 Å². The first-order valence-electron chi connectivity index (χ1n) is 5.24. The average Bonchev–Trinajstić information content (AvgIpc) is 3.13. The molecule has 0 aliphatic heterocycles. The molecule has 4 nitrogen and oxygen atoms in total. The zero-order chi connectivity index (χ0) is 12.5. The molecule has 2 rings (SSSR count). The van der Waals surface area contributed by atoms with Crippen LogP contribution in [0.2, 0.25) is 0 Å². The SMILES string of the molecule is O=C(CCl)Nc1cccc(S(=O)(=O)C2CC2)c1. The molecule has 6 heteroatoms. The minimum Gasteiger partial charge on any atom is -0.325 e. The second-order valence-electron chi connectivity index (χ2n) is 3.95. The lowest BCUT2D eigenvalue weighted by Gasteiger charge is -2.06. The van der Waals surface area contributed by atoms with Crippen molar-refractivity contribution in [2.45, 2.75) is 23.0 Å². The van der Waals surface area contributed by atoms with Crippen LogP contribution in [0, 0.1) is 0 Å². The van der Waals surface area contributed by atoms with Crippen molar-refractivity contribution >= 4 is 33.0 Å². The molecule has 1 N–H and O–H groups in total. The third-order valence-corrected chi connectivity index (χ3v) is 5.03. The highest BCUT2D eigenvalue weighted by Crippen LogP contribution is 2.34. The zero-order valence-corrected chi connectivity index (χ0v) is 10.6. The van der Waals surface area contributed by atoms with Crippen LogP contribution in [0.4, 0.5) is 5.69 Å². The van der Waals surface area contributed by atoms with Crippen molar-refractivity contribution in [3.8, 4) is 0 Å². The summed E-state index contributed by atoms with van der Waals surface area (Å²) in [6, 6.07) is 6.26. The molecule has 1 aliphatic rings. The average molecular weight is 274 g/mol. The summed E-state index contributed by atoms with van der Waals surface area (Å²) in [5.74, 6) is -0.507. The first kappa shape index (κ1) is 12.4. The summed E-state index contributed by atoms with van der Waals surface area (Å²) in [5.41, 5.74) is 0.456. The molecule has 0 heterocycles. The Hall–Kier alpha value is -1.07. The van der Waals surface area contributed by atoms with Gasteiger partial charge in [-0.15, -0.1) is 11.6 Å². The lowest BCUT2D eigenvalue weighted by atomic mass is 10.3. The summed E-state index contributed by atoms with van der Waals surface area (Å²) in [7, 11) is -3.22. The molecule has 1 aromatic carbocycles. The van der Waals surface area contributed by atoms with Crippen molar-refractivity contribution in [3.05, 3.63) is 24.3 Å². The smallest absolute Gasteiger partial charge is 0.239 e. The third kappa shape index (κ3) is 2.79. The van der Waals surface area contributed by atoms with Crippen LogP contribution in [0.15, 0.2) is 29.2 Å². The highest BCUT2D eigenvalue weighted by Gasteiger charge is 2.36. The van der Waals surface area contributed by atoms with Gasteiger partial charge in [-0.3, -0.25) is 4.79 Å². The van der Waals surface area contributed by atoms with Gasteiger partial charge in [0.2, 0.25) is 5.91 Å². The van der Waals surface area contributed by atoms with E-state index >= 15 is 0 Å². The Kier molecular flexibility index (Phi) is 3.40. The van der Waals surface area contributed by atoms with Crippen LogP contribution in [-0.2, 0) is 14.6 Å². The molecule has 0 spiro atoms. The number of nitrogens with one attached hydrogen (secondary N) is 1. The Morgan fingerprint density at radius 3 is 2.71 bits per heavy atom. The van der Waals surface area contributed by atoms with E-state index in [9.17, 15) is 13.2 Å². The van der Waals surface area contributed by atoms with Crippen molar-refractivity contribution in [3.63, 3.8) is 0 Å². The Labute approximate surface area is 105 Å². The van der Waals surface area contributed by atoms with Gasteiger partial charge in [0.15, 0.2) is 9.84 Å². The van der Waals surface area contributed by atoms with Crippen LogP contribution in [-0.4, -0.2) is 25.5 Å². The van der Waals surface area contributed by atoms with Crippen LogP contribution in [0.5, 0.6) is 0 Å². The molecule has 0 atom stereocenters. The fourth-order valence-electron chi connectivity index (χ4n) is 1.52. The van der Waals surface area contributed by atoms with E-state index in [1.54, 1.807) is 18.2 Å². The van der Waals surface area contributed by atoms with E-state index in [4.69, 9.17) is 11.6 Å². The van der Waals surface area contributed by atoms with E-state index in [1.807, 2.05) is 0 Å². The van der Waals surface area contributed by atoms with Gasteiger partial charge in [-0.2, -0.15) is 0 Å². The molecule has 17 heavy (non-hydrogen) atoms. The Morgan fingerprint density at radius 2 is 2.12 bits per heavy atom. The number of halogens is 1. The number of sulfone groups is 1. The second-order valence-corrected chi connectivity index (χ2v) is 6.45. The predicted molar refractivity (Wildman–Crippen MR) is 66.0 cm³/mol. The molecule has 0 saturated heterocycles. The number of benzene rings is 1. The van der Waals surface area contributed by atoms with E-state index in [1.165, 1.54) is 6.07 Å². The van der Waals surface area contributed by atoms with Crippen LogP contribution < -0.4 is 5.32 Å². The van der Waals surface area contributed by atoms with E-state index in [2.05, 4.69) is 5.32 Å². The maximum Gasteiger partial charge on any atom is 0.239 e. The molecule has 0 radical (unpaired) electrons. The van der Waals surface area contributed by atoms with Crippen molar-refractivity contribution in [2.75, 3.05) is 11.2 Å². The monoisotopic (exact) mass is 273 g/mol. The van der Waals surface area contributed by atoms with Crippen molar-refractivity contribution in [1.29, 1.82) is 0 Å². The van der Waals surface area contributed by atoms with Gasteiger partial charge < -0.3 is 5.32 Å². The Morgan fingerprint density at radius 1 is 1.41 bits per heavy atom. The van der Waals surface area contributed by atoms with Gasteiger partial charge in [0.25, 0.3) is 0 Å². The Balaban J connectivity index is 2.25. The number of hydrogen-bond acceptors (Lipinski definition) is 3. The van der Waals surface area contributed by atoms with E-state index < -0.39 is 9.84 Å². The maximum absolute atomic E-state index is 12.0. The highest BCUT2D eigenvalue weighted by molar-refractivity contribution is 7.92. The summed E-state index contributed by atoms with van der Waals surface area (Å²) < 4.78 is 23.9. The molecular formula is C11H12ClNO3S. The van der Waals surface area contributed by atoms with Crippen LogP contribution in [0.3, 0.4) is 0 Å². The largest absolute Gasteiger partial charge is 0.325 e. The molecule has 0 unspecified atom stereocenters. The molecule has 0 aromatic heterocycles. The topological polar surface area (TPSA) is 63.2 Å². The number of amides is 1. The first-order valence-corrected chi connectivity index (χ1v) is 7.32. The minimum absolute atomic E-state index is 0.153. The molecule has 1 amide bonds. The normalized spacial score (nSPS) is 15.6. The number of anilines is 1. The van der Waals surface area contributed by atoms with Gasteiger partial charge in [-0.25, -0.2) is 8.42 Å². The lowest BCUT2D eigenvalue weighted by Crippen LogP contribution is -2.13. The van der Waals surface area contributed by atoms with Gasteiger partial charge in [0, 0.05) is 5.69 Å². The summed E-state index contributed by atoms with van der Waals surface area (Å²) in [4.78, 5) is 11.4. The molecule has 0 bridgehead atoms. The summed E-state index contributed by atoms with van der Waals surface area (Å²) >= 11 is 5.36. The second kappa shape index (κ2) is 4.66. The molecular weight excluding hydrogens is 262 g/mol. The standard InChI is InChI=1S/C11H12ClNO3S/c12-7-11(14)13-8-2-1-3-10(6-8)17(15,16)9-4-5-9/h1-3,6,9H,4-5,7H2,(H,13,14). The van der Waals surface area contributed by atoms with E-state index in [0.717, 1.165) is 12.8 Å². The zero-order valence-electron chi connectivity index (χ0n) is 9.02. The fourth-order valence-corrected chi connectivity index (χ4v) is 3.28. The summed E-state index contributed by atoms with van der Waals surface area (Å²) in [6.45, 7) is 0. The lowest BCUT2D eigenvalue weighted by molar-refractivity contribution is -0.113. The van der Waals surface area contributed by atoms with Crippen molar-refractivity contribution in [2.24, 2.45) is 0 Å². The highest BCUT2D eigenvalue weighted by atomic mass is 35.5. The Bertz CT molecular complexity index is 537. The van der Waals surface area contributed by atoms with Gasteiger partial charge in [-0.1, -0.05) is 6.07 Å². The molecule has 1 fully saturated rings. The third-order valence-electron chi connectivity index (χ3n) is 2.53. The number of rotatable bonds is 4. The van der Waals surface area contributed by atoms with Gasteiger partial charge in [-0.05, 0) is 31.0 Å². The molecule has 1 aromatic rings. The number of carbonyl (C=O) groups excluding carboxylic acids is 1. The summed E-state index contributed by atoms with van der Waals surface area (Å²) in [6.07, 6.45) is 1.45. The predicted octanol–water partition coefficient (Wildman–Crippen LogP) is 1.80. The first-order chi connectivity index (χ1) is 8.04. The molecule has 92 valence electrons. The van der Waals surface area contributed by atoms with Crippen molar-refractivity contribution < 1.29 is 13.2 Å². The maximum atomic E-state index is 12.0. The summed E-state index contributed by atoms with van der Waals surface area (Å²) in [5, 5.41) is 2.28.